The molecule has 0 saturated carbocycles. The molecule has 0 aliphatic carbocycles. The molecule has 8 nitrogen and oxygen atoms in total. The molecule has 0 bridgehead atoms. The normalized spacial score (nSPS) is 10.9. The number of rotatable bonds is 5. The van der Waals surface area contributed by atoms with Gasteiger partial charge >= 0.3 is 0 Å². The number of aromatic nitrogens is 4. The van der Waals surface area contributed by atoms with Gasteiger partial charge in [0.15, 0.2) is 17.1 Å². The van der Waals surface area contributed by atoms with Crippen molar-refractivity contribution < 1.29 is 14.2 Å². The largest absolute Gasteiger partial charge is 0.493 e. The summed E-state index contributed by atoms with van der Waals surface area (Å²) in [6.45, 7) is 0.420. The number of methoxy groups -OCH3 is 3. The van der Waals surface area contributed by atoms with Gasteiger partial charge in [-0.15, -0.1) is 0 Å². The maximum Gasteiger partial charge on any atom is 0.223 e. The van der Waals surface area contributed by atoms with Gasteiger partial charge in [0, 0.05) is 0 Å². The maximum atomic E-state index is 5.75. The van der Waals surface area contributed by atoms with E-state index in [2.05, 4.69) is 46.9 Å². The SMILES string of the molecule is COc1cc(Cn2ncc3c(Br)nc(N)nc32)c(Br)c(OC)c1OC. The first-order valence-electron chi connectivity index (χ1n) is 7.12. The minimum absolute atomic E-state index is 0.171. The number of nitrogens with two attached hydrogens (primary N) is 1. The highest BCUT2D eigenvalue weighted by atomic mass is 79.9. The van der Waals surface area contributed by atoms with Crippen LogP contribution < -0.4 is 19.9 Å². The van der Waals surface area contributed by atoms with Crippen molar-refractivity contribution in [2.45, 2.75) is 6.54 Å². The molecule has 2 heterocycles. The Morgan fingerprint density at radius 3 is 2.44 bits per heavy atom. The van der Waals surface area contributed by atoms with E-state index in [0.717, 1.165) is 15.4 Å². The van der Waals surface area contributed by atoms with E-state index in [9.17, 15) is 0 Å². The minimum Gasteiger partial charge on any atom is -0.493 e. The predicted molar refractivity (Wildman–Crippen MR) is 100 cm³/mol. The van der Waals surface area contributed by atoms with E-state index in [1.807, 2.05) is 6.07 Å². The van der Waals surface area contributed by atoms with Crippen LogP contribution in [0.5, 0.6) is 17.2 Å². The summed E-state index contributed by atoms with van der Waals surface area (Å²) in [5.74, 6) is 1.79. The molecule has 10 heteroatoms. The topological polar surface area (TPSA) is 97.3 Å². The summed E-state index contributed by atoms with van der Waals surface area (Å²) in [5, 5.41) is 5.16. The van der Waals surface area contributed by atoms with Gasteiger partial charge < -0.3 is 19.9 Å². The summed E-state index contributed by atoms with van der Waals surface area (Å²) < 4.78 is 19.3. The summed E-state index contributed by atoms with van der Waals surface area (Å²) in [5.41, 5.74) is 7.25. The van der Waals surface area contributed by atoms with Crippen molar-refractivity contribution in [2.24, 2.45) is 0 Å². The number of hydrogen-bond acceptors (Lipinski definition) is 7. The number of fused-ring (bicyclic) bond motifs is 1. The number of nitrogens with zero attached hydrogens (tertiary/aromatic N) is 4. The second kappa shape index (κ2) is 7.04. The van der Waals surface area contributed by atoms with E-state index in [4.69, 9.17) is 19.9 Å². The molecule has 2 N–H and O–H groups in total. The van der Waals surface area contributed by atoms with Crippen LogP contribution in [0.1, 0.15) is 5.56 Å². The van der Waals surface area contributed by atoms with Crippen LogP contribution in [0, 0.1) is 0 Å². The van der Waals surface area contributed by atoms with Crippen LogP contribution in [0.3, 0.4) is 0 Å². The van der Waals surface area contributed by atoms with Gasteiger partial charge in [0.05, 0.1) is 43.9 Å². The molecule has 132 valence electrons. The van der Waals surface area contributed by atoms with Gasteiger partial charge in [-0.1, -0.05) is 0 Å². The average molecular weight is 473 g/mol. The molecule has 3 aromatic rings. The van der Waals surface area contributed by atoms with Crippen molar-refractivity contribution in [3.05, 3.63) is 26.9 Å². The van der Waals surface area contributed by atoms with Crippen LogP contribution in [0.15, 0.2) is 21.3 Å². The summed E-state index contributed by atoms with van der Waals surface area (Å²) in [7, 11) is 4.70. The lowest BCUT2D eigenvalue weighted by Gasteiger charge is -2.17. The van der Waals surface area contributed by atoms with Crippen molar-refractivity contribution >= 4 is 48.8 Å². The highest BCUT2D eigenvalue weighted by Crippen LogP contribution is 2.45. The Kier molecular flexibility index (Phi) is 5.00. The van der Waals surface area contributed by atoms with Crippen LogP contribution in [0.4, 0.5) is 5.95 Å². The van der Waals surface area contributed by atoms with Gasteiger partial charge in [0.2, 0.25) is 11.7 Å². The van der Waals surface area contributed by atoms with Gasteiger partial charge in [0.1, 0.15) is 4.60 Å². The molecule has 0 atom stereocenters. The van der Waals surface area contributed by atoms with Gasteiger partial charge in [-0.25, -0.2) is 9.67 Å². The van der Waals surface area contributed by atoms with Crippen LogP contribution >= 0.6 is 31.9 Å². The van der Waals surface area contributed by atoms with Gasteiger partial charge in [-0.2, -0.15) is 10.1 Å². The lowest BCUT2D eigenvalue weighted by atomic mass is 10.1. The molecule has 0 unspecified atom stereocenters. The number of nitrogen functional groups attached to an aromatic ring is 1. The van der Waals surface area contributed by atoms with Gasteiger partial charge in [-0.3, -0.25) is 0 Å². The molecule has 0 aliphatic heterocycles. The fourth-order valence-electron chi connectivity index (χ4n) is 2.50. The summed E-state index contributed by atoms with van der Waals surface area (Å²) >= 11 is 6.94. The lowest BCUT2D eigenvalue weighted by molar-refractivity contribution is 0.322. The zero-order valence-electron chi connectivity index (χ0n) is 13.7. The first-order chi connectivity index (χ1) is 12.0. The minimum atomic E-state index is 0.171. The fourth-order valence-corrected chi connectivity index (χ4v) is 3.54. The zero-order chi connectivity index (χ0) is 18.1. The van der Waals surface area contributed by atoms with E-state index < -0.39 is 0 Å². The van der Waals surface area contributed by atoms with Crippen molar-refractivity contribution in [3.8, 4) is 17.2 Å². The molecule has 2 aromatic heterocycles. The Labute approximate surface area is 160 Å². The van der Waals surface area contributed by atoms with E-state index in [1.165, 1.54) is 0 Å². The molecule has 0 amide bonds. The number of hydrogen-bond donors (Lipinski definition) is 1. The first kappa shape index (κ1) is 17.7. The fraction of sp³-hybridized carbons (Fsp3) is 0.267. The molecule has 0 saturated heterocycles. The van der Waals surface area contributed by atoms with Crippen molar-refractivity contribution in [2.75, 3.05) is 27.1 Å². The van der Waals surface area contributed by atoms with Gasteiger partial charge in [-0.05, 0) is 43.5 Å². The van der Waals surface area contributed by atoms with Crippen molar-refractivity contribution in [1.29, 1.82) is 0 Å². The average Bonchev–Trinajstić information content (AvgIpc) is 2.99. The molecular weight excluding hydrogens is 458 g/mol. The molecule has 0 radical (unpaired) electrons. The smallest absolute Gasteiger partial charge is 0.223 e. The first-order valence-corrected chi connectivity index (χ1v) is 8.70. The monoisotopic (exact) mass is 471 g/mol. The molecule has 25 heavy (non-hydrogen) atoms. The summed E-state index contributed by atoms with van der Waals surface area (Å²) in [6.07, 6.45) is 1.69. The summed E-state index contributed by atoms with van der Waals surface area (Å²) in [4.78, 5) is 8.36. The van der Waals surface area contributed by atoms with Crippen molar-refractivity contribution in [1.82, 2.24) is 19.7 Å². The second-order valence-corrected chi connectivity index (χ2v) is 6.57. The molecule has 0 aliphatic rings. The van der Waals surface area contributed by atoms with E-state index in [0.29, 0.717) is 34.0 Å². The lowest BCUT2D eigenvalue weighted by Crippen LogP contribution is -2.07. The third-order valence-electron chi connectivity index (χ3n) is 3.63. The van der Waals surface area contributed by atoms with E-state index in [1.54, 1.807) is 32.2 Å². The van der Waals surface area contributed by atoms with Crippen molar-refractivity contribution in [3.63, 3.8) is 0 Å². The van der Waals surface area contributed by atoms with Crippen LogP contribution in [-0.2, 0) is 6.54 Å². The molecule has 0 spiro atoms. The predicted octanol–water partition coefficient (Wildman–Crippen LogP) is 3.01. The Bertz CT molecular complexity index is 945. The Balaban J connectivity index is 2.12. The number of anilines is 1. The Morgan fingerprint density at radius 1 is 1.08 bits per heavy atom. The Morgan fingerprint density at radius 2 is 1.80 bits per heavy atom. The maximum absolute atomic E-state index is 5.75. The molecular formula is C15H15Br2N5O3. The zero-order valence-corrected chi connectivity index (χ0v) is 16.9. The van der Waals surface area contributed by atoms with Crippen LogP contribution in [0.25, 0.3) is 11.0 Å². The van der Waals surface area contributed by atoms with Crippen LogP contribution in [0.2, 0.25) is 0 Å². The van der Waals surface area contributed by atoms with Crippen LogP contribution in [-0.4, -0.2) is 41.1 Å². The Hall–Kier alpha value is -2.07. The highest BCUT2D eigenvalue weighted by molar-refractivity contribution is 9.11. The summed E-state index contributed by atoms with van der Waals surface area (Å²) in [6, 6.07) is 1.86. The second-order valence-electron chi connectivity index (χ2n) is 5.03. The standard InChI is InChI=1S/C15H15Br2N5O3/c1-23-9-4-7(10(16)12(25-3)11(9)24-2)6-22-14-8(5-19-22)13(17)20-15(18)21-14/h4-5H,6H2,1-3H3,(H2,18,20,21). The number of benzene rings is 1. The third-order valence-corrected chi connectivity index (χ3v) is 5.11. The molecule has 0 fully saturated rings. The number of halogens is 2. The molecule has 3 rings (SSSR count). The van der Waals surface area contributed by atoms with E-state index >= 15 is 0 Å². The van der Waals surface area contributed by atoms with Gasteiger partial charge in [0.25, 0.3) is 0 Å². The highest BCUT2D eigenvalue weighted by Gasteiger charge is 2.20. The quantitative estimate of drug-likeness (QED) is 0.570. The van der Waals surface area contributed by atoms with E-state index in [-0.39, 0.29) is 5.95 Å². The number of ether oxygens (including phenoxy) is 3. The third kappa shape index (κ3) is 3.11. The molecule has 1 aromatic carbocycles.